The molecule has 0 heterocycles. The number of halogens is 1. The van der Waals surface area contributed by atoms with Crippen molar-refractivity contribution in [2.45, 2.75) is 19.6 Å². The summed E-state index contributed by atoms with van der Waals surface area (Å²) in [7, 11) is 1.65. The van der Waals surface area contributed by atoms with Gasteiger partial charge in [-0.3, -0.25) is 0 Å². The summed E-state index contributed by atoms with van der Waals surface area (Å²) in [6.07, 6.45) is 0. The molecule has 0 aromatic heterocycles. The highest BCUT2D eigenvalue weighted by Crippen LogP contribution is 2.29. The highest BCUT2D eigenvalue weighted by Gasteiger charge is 2.08. The Morgan fingerprint density at radius 3 is 2.75 bits per heavy atom. The molecule has 0 saturated carbocycles. The van der Waals surface area contributed by atoms with Crippen LogP contribution in [0.4, 0.5) is 5.69 Å². The maximum absolute atomic E-state index is 9.19. The summed E-state index contributed by atoms with van der Waals surface area (Å²) in [5, 5.41) is 12.6. The Hall–Kier alpha value is -1.52. The van der Waals surface area contributed by atoms with E-state index in [4.69, 9.17) is 4.74 Å². The van der Waals surface area contributed by atoms with Crippen LogP contribution in [0.25, 0.3) is 0 Å². The lowest BCUT2D eigenvalue weighted by Crippen LogP contribution is -2.07. The lowest BCUT2D eigenvalue weighted by Gasteiger charge is -2.17. The zero-order chi connectivity index (χ0) is 14.5. The van der Waals surface area contributed by atoms with Crippen LogP contribution in [0.1, 0.15) is 24.1 Å². The Balaban J connectivity index is 2.16. The van der Waals surface area contributed by atoms with Crippen LogP contribution in [0.2, 0.25) is 0 Å². The maximum Gasteiger partial charge on any atom is 0.135 e. The molecule has 2 aromatic carbocycles. The third-order valence-corrected chi connectivity index (χ3v) is 3.82. The predicted octanol–water partition coefficient (Wildman–Crippen LogP) is 4.12. The molecule has 106 valence electrons. The summed E-state index contributed by atoms with van der Waals surface area (Å²) in [6, 6.07) is 14.0. The highest BCUT2D eigenvalue weighted by atomic mass is 79.9. The molecule has 0 bridgehead atoms. The number of hydrogen-bond donors (Lipinski definition) is 2. The van der Waals surface area contributed by atoms with E-state index in [9.17, 15) is 5.11 Å². The normalized spacial score (nSPS) is 12.0. The number of methoxy groups -OCH3 is 1. The van der Waals surface area contributed by atoms with Gasteiger partial charge in [0.15, 0.2) is 0 Å². The Morgan fingerprint density at radius 1 is 1.25 bits per heavy atom. The molecule has 20 heavy (non-hydrogen) atoms. The van der Waals surface area contributed by atoms with Crippen molar-refractivity contribution in [2.75, 3.05) is 12.4 Å². The van der Waals surface area contributed by atoms with E-state index in [1.165, 1.54) is 0 Å². The molecule has 2 N–H and O–H groups in total. The fourth-order valence-electron chi connectivity index (χ4n) is 2.04. The summed E-state index contributed by atoms with van der Waals surface area (Å²) in [5.74, 6) is 0.798. The number of anilines is 1. The maximum atomic E-state index is 9.19. The molecular formula is C16H18BrNO2. The molecule has 0 fully saturated rings. The molecule has 2 aromatic rings. The van der Waals surface area contributed by atoms with Crippen molar-refractivity contribution >= 4 is 21.6 Å². The van der Waals surface area contributed by atoms with Crippen LogP contribution in [-0.2, 0) is 6.61 Å². The number of rotatable bonds is 5. The molecule has 1 unspecified atom stereocenters. The van der Waals surface area contributed by atoms with Gasteiger partial charge in [-0.2, -0.15) is 0 Å². The quantitative estimate of drug-likeness (QED) is 0.863. The fourth-order valence-corrected chi connectivity index (χ4v) is 2.45. The van der Waals surface area contributed by atoms with Crippen LogP contribution < -0.4 is 10.1 Å². The van der Waals surface area contributed by atoms with Crippen LogP contribution in [0, 0.1) is 0 Å². The summed E-state index contributed by atoms with van der Waals surface area (Å²) >= 11 is 3.44. The van der Waals surface area contributed by atoms with Crippen molar-refractivity contribution in [1.82, 2.24) is 0 Å². The summed E-state index contributed by atoms with van der Waals surface area (Å²) in [4.78, 5) is 0. The average Bonchev–Trinajstić information content (AvgIpc) is 2.49. The number of nitrogens with one attached hydrogen (secondary N) is 1. The van der Waals surface area contributed by atoms with Gasteiger partial charge in [0.1, 0.15) is 5.75 Å². The Labute approximate surface area is 127 Å². The van der Waals surface area contributed by atoms with Gasteiger partial charge in [-0.1, -0.05) is 24.3 Å². The number of aliphatic hydroxyl groups excluding tert-OH is 1. The number of ether oxygens (including phenoxy) is 1. The minimum Gasteiger partial charge on any atom is -0.495 e. The van der Waals surface area contributed by atoms with Gasteiger partial charge < -0.3 is 15.2 Å². The molecule has 0 aliphatic rings. The summed E-state index contributed by atoms with van der Waals surface area (Å²) < 4.78 is 6.22. The SMILES string of the molecule is COc1cc(NC(C)c2cccc(CO)c2)ccc1Br. The first-order valence-corrected chi connectivity index (χ1v) is 7.23. The third kappa shape index (κ3) is 3.52. The lowest BCUT2D eigenvalue weighted by molar-refractivity contribution is 0.281. The number of aliphatic hydroxyl groups is 1. The molecule has 0 amide bonds. The van der Waals surface area contributed by atoms with Crippen molar-refractivity contribution in [2.24, 2.45) is 0 Å². The second-order valence-corrected chi connectivity index (χ2v) is 5.47. The minimum atomic E-state index is 0.0622. The molecule has 2 rings (SSSR count). The van der Waals surface area contributed by atoms with Gasteiger partial charge in [0.2, 0.25) is 0 Å². The van der Waals surface area contributed by atoms with Gasteiger partial charge in [0.25, 0.3) is 0 Å². The highest BCUT2D eigenvalue weighted by molar-refractivity contribution is 9.10. The Morgan fingerprint density at radius 2 is 2.05 bits per heavy atom. The first-order valence-electron chi connectivity index (χ1n) is 6.44. The van der Waals surface area contributed by atoms with E-state index in [0.717, 1.165) is 27.0 Å². The molecule has 0 spiro atoms. The molecule has 0 aliphatic heterocycles. The van der Waals surface area contributed by atoms with Gasteiger partial charge in [-0.15, -0.1) is 0 Å². The van der Waals surface area contributed by atoms with E-state index in [1.807, 2.05) is 42.5 Å². The van der Waals surface area contributed by atoms with Crippen LogP contribution in [0.15, 0.2) is 46.9 Å². The van der Waals surface area contributed by atoms with Crippen molar-refractivity contribution in [1.29, 1.82) is 0 Å². The van der Waals surface area contributed by atoms with E-state index in [2.05, 4.69) is 28.2 Å². The van der Waals surface area contributed by atoms with Crippen LogP contribution in [0.3, 0.4) is 0 Å². The van der Waals surface area contributed by atoms with Crippen LogP contribution in [0.5, 0.6) is 5.75 Å². The monoisotopic (exact) mass is 335 g/mol. The second kappa shape index (κ2) is 6.77. The topological polar surface area (TPSA) is 41.5 Å². The first kappa shape index (κ1) is 14.9. The predicted molar refractivity (Wildman–Crippen MR) is 85.1 cm³/mol. The van der Waals surface area contributed by atoms with Gasteiger partial charge in [0, 0.05) is 17.8 Å². The van der Waals surface area contributed by atoms with Crippen molar-refractivity contribution in [3.63, 3.8) is 0 Å². The molecule has 0 aliphatic carbocycles. The van der Waals surface area contributed by atoms with Crippen molar-refractivity contribution in [3.05, 3.63) is 58.1 Å². The van der Waals surface area contributed by atoms with E-state index in [-0.39, 0.29) is 12.6 Å². The second-order valence-electron chi connectivity index (χ2n) is 4.62. The third-order valence-electron chi connectivity index (χ3n) is 3.17. The zero-order valence-corrected chi connectivity index (χ0v) is 13.1. The summed E-state index contributed by atoms with van der Waals surface area (Å²) in [6.45, 7) is 2.15. The van der Waals surface area contributed by atoms with Crippen molar-refractivity contribution < 1.29 is 9.84 Å². The molecule has 4 heteroatoms. The zero-order valence-electron chi connectivity index (χ0n) is 11.6. The van der Waals surface area contributed by atoms with Gasteiger partial charge in [-0.25, -0.2) is 0 Å². The smallest absolute Gasteiger partial charge is 0.135 e. The van der Waals surface area contributed by atoms with Gasteiger partial charge in [0.05, 0.1) is 18.2 Å². The van der Waals surface area contributed by atoms with E-state index >= 15 is 0 Å². The Bertz CT molecular complexity index is 586. The molecule has 1 atom stereocenters. The largest absolute Gasteiger partial charge is 0.495 e. The number of hydrogen-bond acceptors (Lipinski definition) is 3. The summed E-state index contributed by atoms with van der Waals surface area (Å²) in [5.41, 5.74) is 3.05. The lowest BCUT2D eigenvalue weighted by atomic mass is 10.1. The standard InChI is InChI=1S/C16H18BrNO2/c1-11(13-5-3-4-12(8-13)10-19)18-14-6-7-15(17)16(9-14)20-2/h3-9,11,18-19H,10H2,1-2H3. The average molecular weight is 336 g/mol. The van der Waals surface area contributed by atoms with Crippen LogP contribution >= 0.6 is 15.9 Å². The molecule has 3 nitrogen and oxygen atoms in total. The molecule has 0 radical (unpaired) electrons. The van der Waals surface area contributed by atoms with E-state index < -0.39 is 0 Å². The number of benzene rings is 2. The molecule has 0 saturated heterocycles. The van der Waals surface area contributed by atoms with Crippen LogP contribution in [-0.4, -0.2) is 12.2 Å². The van der Waals surface area contributed by atoms with Gasteiger partial charge >= 0.3 is 0 Å². The molecular weight excluding hydrogens is 318 g/mol. The minimum absolute atomic E-state index is 0.0622. The first-order chi connectivity index (χ1) is 9.63. The van der Waals surface area contributed by atoms with E-state index in [0.29, 0.717) is 0 Å². The Kier molecular flexibility index (Phi) is 5.04. The van der Waals surface area contributed by atoms with Crippen molar-refractivity contribution in [3.8, 4) is 5.75 Å². The van der Waals surface area contributed by atoms with Gasteiger partial charge in [-0.05, 0) is 46.1 Å². The van der Waals surface area contributed by atoms with E-state index in [1.54, 1.807) is 7.11 Å². The fraction of sp³-hybridized carbons (Fsp3) is 0.250.